The Morgan fingerprint density at radius 2 is 2.00 bits per heavy atom. The maximum Gasteiger partial charge on any atom is 0.138 e. The lowest BCUT2D eigenvalue weighted by atomic mass is 9.78. The van der Waals surface area contributed by atoms with E-state index in [1.165, 1.54) is 12.8 Å². The quantitative estimate of drug-likeness (QED) is 0.811. The summed E-state index contributed by atoms with van der Waals surface area (Å²) in [7, 11) is 0. The van der Waals surface area contributed by atoms with Crippen LogP contribution in [-0.4, -0.2) is 24.0 Å². The van der Waals surface area contributed by atoms with E-state index >= 15 is 0 Å². The molecule has 0 radical (unpaired) electrons. The molecular formula is C17H31NO2. The van der Waals surface area contributed by atoms with Gasteiger partial charge in [-0.05, 0) is 45.4 Å². The van der Waals surface area contributed by atoms with Gasteiger partial charge >= 0.3 is 0 Å². The number of nitrogens with two attached hydrogens (primary N) is 1. The van der Waals surface area contributed by atoms with Gasteiger partial charge in [-0.15, -0.1) is 0 Å². The molecule has 3 nitrogen and oxygen atoms in total. The summed E-state index contributed by atoms with van der Waals surface area (Å²) in [4.78, 5) is 12.6. The molecule has 1 spiro atoms. The highest BCUT2D eigenvalue weighted by Gasteiger charge is 2.42. The Morgan fingerprint density at radius 1 is 1.30 bits per heavy atom. The molecule has 3 atom stereocenters. The summed E-state index contributed by atoms with van der Waals surface area (Å²) in [6.45, 7) is 4.91. The Morgan fingerprint density at radius 3 is 2.65 bits per heavy atom. The number of ketones is 1. The average Bonchev–Trinajstić information content (AvgIpc) is 2.85. The van der Waals surface area contributed by atoms with Crippen molar-refractivity contribution in [2.75, 3.05) is 6.61 Å². The Hall–Kier alpha value is -0.410. The molecule has 2 rings (SSSR count). The SMILES string of the molecule is CC(N)CCCC(C)C(=O)C1CCOC2(CCCC2)C1. The number of Topliss-reactive ketones (excluding diaryl/α,β-unsaturated/α-hetero) is 1. The molecule has 0 bridgehead atoms. The summed E-state index contributed by atoms with van der Waals surface area (Å²) in [6, 6.07) is 0.252. The van der Waals surface area contributed by atoms with Crippen molar-refractivity contribution in [3.63, 3.8) is 0 Å². The van der Waals surface area contributed by atoms with Crippen LogP contribution in [0.5, 0.6) is 0 Å². The third-order valence-electron chi connectivity index (χ3n) is 5.19. The van der Waals surface area contributed by atoms with Gasteiger partial charge in [0.15, 0.2) is 0 Å². The zero-order valence-corrected chi connectivity index (χ0v) is 13.2. The van der Waals surface area contributed by atoms with E-state index in [0.717, 1.165) is 51.6 Å². The number of carbonyl (C=O) groups is 1. The molecular weight excluding hydrogens is 250 g/mol. The number of hydrogen-bond acceptors (Lipinski definition) is 3. The van der Waals surface area contributed by atoms with Gasteiger partial charge < -0.3 is 10.5 Å². The van der Waals surface area contributed by atoms with Gasteiger partial charge in [0.05, 0.1) is 5.60 Å². The predicted octanol–water partition coefficient (Wildman–Crippen LogP) is 3.45. The lowest BCUT2D eigenvalue weighted by molar-refractivity contribution is -0.139. The van der Waals surface area contributed by atoms with Crippen LogP contribution in [0.2, 0.25) is 0 Å². The molecule has 2 fully saturated rings. The van der Waals surface area contributed by atoms with Crippen LogP contribution in [0, 0.1) is 11.8 Å². The van der Waals surface area contributed by atoms with Crippen LogP contribution in [0.1, 0.15) is 71.6 Å². The van der Waals surface area contributed by atoms with Crippen molar-refractivity contribution in [1.29, 1.82) is 0 Å². The van der Waals surface area contributed by atoms with Crippen LogP contribution in [0.4, 0.5) is 0 Å². The van der Waals surface area contributed by atoms with Crippen LogP contribution in [-0.2, 0) is 9.53 Å². The van der Waals surface area contributed by atoms with Gasteiger partial charge in [-0.25, -0.2) is 0 Å². The van der Waals surface area contributed by atoms with Crippen LogP contribution in [0.3, 0.4) is 0 Å². The van der Waals surface area contributed by atoms with Crippen molar-refractivity contribution >= 4 is 5.78 Å². The Bertz CT molecular complexity index is 321. The second kappa shape index (κ2) is 7.04. The molecule has 3 unspecified atom stereocenters. The second-order valence-electron chi connectivity index (χ2n) is 7.14. The van der Waals surface area contributed by atoms with E-state index in [9.17, 15) is 4.79 Å². The Balaban J connectivity index is 1.81. The molecule has 1 heterocycles. The van der Waals surface area contributed by atoms with Gasteiger partial charge in [-0.1, -0.05) is 26.2 Å². The van der Waals surface area contributed by atoms with E-state index in [1.807, 2.05) is 6.92 Å². The number of rotatable bonds is 6. The lowest BCUT2D eigenvalue weighted by Gasteiger charge is -2.38. The van der Waals surface area contributed by atoms with Crippen molar-refractivity contribution in [2.45, 2.75) is 83.3 Å². The molecule has 2 N–H and O–H groups in total. The molecule has 2 aliphatic rings. The molecule has 20 heavy (non-hydrogen) atoms. The van der Waals surface area contributed by atoms with E-state index in [-0.39, 0.29) is 23.5 Å². The first-order valence-electron chi connectivity index (χ1n) is 8.46. The lowest BCUT2D eigenvalue weighted by Crippen LogP contribution is -2.41. The minimum absolute atomic E-state index is 0.0596. The maximum absolute atomic E-state index is 12.6. The van der Waals surface area contributed by atoms with Gasteiger partial charge in [0, 0.05) is 24.5 Å². The van der Waals surface area contributed by atoms with Gasteiger partial charge in [0.1, 0.15) is 5.78 Å². The van der Waals surface area contributed by atoms with E-state index in [2.05, 4.69) is 6.92 Å². The predicted molar refractivity (Wildman–Crippen MR) is 81.5 cm³/mol. The maximum atomic E-state index is 12.6. The highest BCUT2D eigenvalue weighted by Crippen LogP contribution is 2.42. The summed E-state index contributed by atoms with van der Waals surface area (Å²) >= 11 is 0. The minimum Gasteiger partial charge on any atom is -0.375 e. The van der Waals surface area contributed by atoms with E-state index < -0.39 is 0 Å². The fourth-order valence-electron chi connectivity index (χ4n) is 3.93. The van der Waals surface area contributed by atoms with E-state index in [0.29, 0.717) is 5.78 Å². The summed E-state index contributed by atoms with van der Waals surface area (Å²) in [5.41, 5.74) is 5.83. The Labute approximate surface area is 123 Å². The first kappa shape index (κ1) is 16.0. The van der Waals surface area contributed by atoms with Crippen molar-refractivity contribution in [2.24, 2.45) is 17.6 Å². The number of carbonyl (C=O) groups excluding carboxylic acids is 1. The topological polar surface area (TPSA) is 52.3 Å². The van der Waals surface area contributed by atoms with Crippen LogP contribution in [0.15, 0.2) is 0 Å². The monoisotopic (exact) mass is 281 g/mol. The molecule has 116 valence electrons. The van der Waals surface area contributed by atoms with E-state index in [4.69, 9.17) is 10.5 Å². The van der Waals surface area contributed by atoms with Crippen molar-refractivity contribution in [3.8, 4) is 0 Å². The average molecular weight is 281 g/mol. The third kappa shape index (κ3) is 4.05. The van der Waals surface area contributed by atoms with Crippen molar-refractivity contribution in [3.05, 3.63) is 0 Å². The zero-order valence-electron chi connectivity index (χ0n) is 13.2. The summed E-state index contributed by atoms with van der Waals surface area (Å²) in [6.07, 6.45) is 9.85. The van der Waals surface area contributed by atoms with Crippen molar-refractivity contribution < 1.29 is 9.53 Å². The largest absolute Gasteiger partial charge is 0.375 e. The highest BCUT2D eigenvalue weighted by atomic mass is 16.5. The highest BCUT2D eigenvalue weighted by molar-refractivity contribution is 5.83. The standard InChI is InChI=1S/C17H31NO2/c1-13(6-5-7-14(2)18)16(19)15-8-11-20-17(12-15)9-3-4-10-17/h13-15H,3-12,18H2,1-2H3. The summed E-state index contributed by atoms with van der Waals surface area (Å²) < 4.78 is 6.03. The first-order chi connectivity index (χ1) is 9.52. The van der Waals surface area contributed by atoms with Gasteiger partial charge in [0.2, 0.25) is 0 Å². The molecule has 3 heteroatoms. The number of hydrogen-bond donors (Lipinski definition) is 1. The van der Waals surface area contributed by atoms with E-state index in [1.54, 1.807) is 0 Å². The molecule has 1 aliphatic carbocycles. The first-order valence-corrected chi connectivity index (χ1v) is 8.46. The third-order valence-corrected chi connectivity index (χ3v) is 5.19. The summed E-state index contributed by atoms with van der Waals surface area (Å²) in [5.74, 6) is 0.909. The van der Waals surface area contributed by atoms with Crippen molar-refractivity contribution in [1.82, 2.24) is 0 Å². The molecule has 0 aromatic heterocycles. The minimum atomic E-state index is 0.0596. The number of ether oxygens (including phenoxy) is 1. The summed E-state index contributed by atoms with van der Waals surface area (Å²) in [5, 5.41) is 0. The van der Waals surface area contributed by atoms with Gasteiger partial charge in [0.25, 0.3) is 0 Å². The zero-order chi connectivity index (χ0) is 14.6. The molecule has 1 aliphatic heterocycles. The fourth-order valence-corrected chi connectivity index (χ4v) is 3.93. The van der Waals surface area contributed by atoms with Crippen LogP contribution in [0.25, 0.3) is 0 Å². The fraction of sp³-hybridized carbons (Fsp3) is 0.941. The molecule has 0 amide bonds. The normalized spacial score (nSPS) is 28.4. The molecule has 0 aromatic rings. The molecule has 1 saturated carbocycles. The van der Waals surface area contributed by atoms with Gasteiger partial charge in [-0.3, -0.25) is 4.79 Å². The molecule has 1 saturated heterocycles. The van der Waals surface area contributed by atoms with Crippen LogP contribution < -0.4 is 5.73 Å². The Kier molecular flexibility index (Phi) is 5.62. The smallest absolute Gasteiger partial charge is 0.138 e. The van der Waals surface area contributed by atoms with Gasteiger partial charge in [-0.2, -0.15) is 0 Å². The van der Waals surface area contributed by atoms with Crippen LogP contribution >= 0.6 is 0 Å². The molecule has 0 aromatic carbocycles. The second-order valence-corrected chi connectivity index (χ2v) is 7.14.